The topological polar surface area (TPSA) is 65.5 Å². The fourth-order valence-electron chi connectivity index (χ4n) is 5.64. The summed E-state index contributed by atoms with van der Waals surface area (Å²) >= 11 is 6.22. The molecule has 5 rings (SSSR count). The number of benzene rings is 2. The highest BCUT2D eigenvalue weighted by molar-refractivity contribution is 6.33. The summed E-state index contributed by atoms with van der Waals surface area (Å²) in [5.74, 6) is -0.163. The summed E-state index contributed by atoms with van der Waals surface area (Å²) in [5.41, 5.74) is 6.61. The Bertz CT molecular complexity index is 1310. The zero-order chi connectivity index (χ0) is 26.1. The summed E-state index contributed by atoms with van der Waals surface area (Å²) in [6.45, 7) is 5.87. The van der Waals surface area contributed by atoms with E-state index in [1.165, 1.54) is 11.3 Å². The minimum atomic E-state index is -0.191. The number of nitrogens with zero attached hydrogens (tertiary/aromatic N) is 3. The third-order valence-electron chi connectivity index (χ3n) is 7.66. The largest absolute Gasteiger partial charge is 0.371 e. The van der Waals surface area contributed by atoms with Crippen molar-refractivity contribution in [1.29, 1.82) is 0 Å². The monoisotopic (exact) mass is 516 g/mol. The first-order valence-electron chi connectivity index (χ1n) is 13.0. The fourth-order valence-corrected chi connectivity index (χ4v) is 5.86. The summed E-state index contributed by atoms with van der Waals surface area (Å²) in [6.07, 6.45) is 3.53. The van der Waals surface area contributed by atoms with Crippen LogP contribution in [0.3, 0.4) is 0 Å². The van der Waals surface area contributed by atoms with Crippen molar-refractivity contribution in [2.45, 2.75) is 51.6 Å². The molecule has 2 aromatic carbocycles. The average molecular weight is 517 g/mol. The Morgan fingerprint density at radius 2 is 1.70 bits per heavy atom. The summed E-state index contributed by atoms with van der Waals surface area (Å²) in [4.78, 5) is 35.1. The van der Waals surface area contributed by atoms with E-state index in [1.807, 2.05) is 50.1 Å². The molecular formula is C30H33ClN4O2. The van der Waals surface area contributed by atoms with E-state index in [0.717, 1.165) is 55.7 Å². The van der Waals surface area contributed by atoms with Crippen LogP contribution in [0.15, 0.2) is 54.6 Å². The summed E-state index contributed by atoms with van der Waals surface area (Å²) in [6, 6.07) is 17.3. The third-order valence-corrected chi connectivity index (χ3v) is 7.99. The van der Waals surface area contributed by atoms with E-state index < -0.39 is 0 Å². The number of pyridine rings is 1. The van der Waals surface area contributed by atoms with E-state index in [9.17, 15) is 9.59 Å². The second-order valence-corrected chi connectivity index (χ2v) is 10.6. The molecule has 3 aromatic rings. The highest BCUT2D eigenvalue weighted by atomic mass is 35.5. The molecule has 1 aliphatic heterocycles. The summed E-state index contributed by atoms with van der Waals surface area (Å²) < 4.78 is 0. The molecular weight excluding hydrogens is 484 g/mol. The van der Waals surface area contributed by atoms with E-state index in [4.69, 9.17) is 11.6 Å². The second-order valence-electron chi connectivity index (χ2n) is 10.2. The average Bonchev–Trinajstić information content (AvgIpc) is 3.29. The number of anilines is 1. The van der Waals surface area contributed by atoms with Gasteiger partial charge in [0.25, 0.3) is 11.8 Å². The van der Waals surface area contributed by atoms with E-state index in [-0.39, 0.29) is 23.9 Å². The molecule has 37 heavy (non-hydrogen) atoms. The number of aryl methyl sites for hydroxylation is 3. The lowest BCUT2D eigenvalue weighted by molar-refractivity contribution is 0.0709. The van der Waals surface area contributed by atoms with Crippen LogP contribution in [0.2, 0.25) is 5.02 Å². The van der Waals surface area contributed by atoms with Gasteiger partial charge in [-0.25, -0.2) is 0 Å². The molecule has 0 radical (unpaired) electrons. The molecule has 0 bridgehead atoms. The lowest BCUT2D eigenvalue weighted by Gasteiger charge is -2.38. The maximum Gasteiger partial charge on any atom is 0.253 e. The molecule has 2 aliphatic rings. The van der Waals surface area contributed by atoms with E-state index in [2.05, 4.69) is 27.3 Å². The number of amides is 2. The third kappa shape index (κ3) is 5.35. The highest BCUT2D eigenvalue weighted by Gasteiger charge is 2.29. The zero-order valence-corrected chi connectivity index (χ0v) is 22.4. The van der Waals surface area contributed by atoms with Crippen LogP contribution < -0.4 is 10.2 Å². The van der Waals surface area contributed by atoms with E-state index in [1.54, 1.807) is 18.2 Å². The van der Waals surface area contributed by atoms with Gasteiger partial charge in [0.1, 0.15) is 0 Å². The maximum absolute atomic E-state index is 13.5. The van der Waals surface area contributed by atoms with Gasteiger partial charge in [-0.1, -0.05) is 29.8 Å². The zero-order valence-electron chi connectivity index (χ0n) is 21.6. The van der Waals surface area contributed by atoms with Crippen LogP contribution in [0, 0.1) is 13.8 Å². The van der Waals surface area contributed by atoms with Gasteiger partial charge in [0.05, 0.1) is 16.6 Å². The maximum atomic E-state index is 13.5. The van der Waals surface area contributed by atoms with Crippen LogP contribution in [-0.4, -0.2) is 47.9 Å². The molecule has 1 aliphatic carbocycles. The van der Waals surface area contributed by atoms with Gasteiger partial charge in [0.2, 0.25) is 0 Å². The molecule has 1 fully saturated rings. The Hall–Kier alpha value is -3.38. The molecule has 192 valence electrons. The van der Waals surface area contributed by atoms with E-state index in [0.29, 0.717) is 16.1 Å². The van der Waals surface area contributed by atoms with Crippen molar-refractivity contribution >= 4 is 29.1 Å². The van der Waals surface area contributed by atoms with Gasteiger partial charge in [0.15, 0.2) is 0 Å². The van der Waals surface area contributed by atoms with Gasteiger partial charge in [-0.2, -0.15) is 0 Å². The van der Waals surface area contributed by atoms with Crippen molar-refractivity contribution in [3.63, 3.8) is 0 Å². The number of hydrogen-bond donors (Lipinski definition) is 1. The minimum absolute atomic E-state index is 0.0277. The SMILES string of the molecule is Cc1cc(N2CCC(N(C)C(=O)c3ccc4c(c3)C(NC(=O)c3ccccc3Cl)CC4)CC2)cc(C)n1. The van der Waals surface area contributed by atoms with Crippen LogP contribution in [0.25, 0.3) is 0 Å². The number of carbonyl (C=O) groups is 2. The van der Waals surface area contributed by atoms with Crippen molar-refractivity contribution in [1.82, 2.24) is 15.2 Å². The lowest BCUT2D eigenvalue weighted by atomic mass is 10.00. The van der Waals surface area contributed by atoms with Crippen LogP contribution in [0.4, 0.5) is 5.69 Å². The molecule has 0 saturated carbocycles. The predicted molar refractivity (Wildman–Crippen MR) is 147 cm³/mol. The number of carbonyl (C=O) groups excluding carboxylic acids is 2. The van der Waals surface area contributed by atoms with Crippen molar-refractivity contribution in [2.75, 3.05) is 25.0 Å². The number of nitrogens with one attached hydrogen (secondary N) is 1. The number of hydrogen-bond acceptors (Lipinski definition) is 4. The van der Waals surface area contributed by atoms with E-state index >= 15 is 0 Å². The number of piperidine rings is 1. The lowest BCUT2D eigenvalue weighted by Crippen LogP contribution is -2.45. The van der Waals surface area contributed by atoms with Gasteiger partial charge in [0, 0.05) is 48.8 Å². The number of rotatable bonds is 5. The Kier molecular flexibility index (Phi) is 7.20. The van der Waals surface area contributed by atoms with Crippen LogP contribution in [0.5, 0.6) is 0 Å². The number of aromatic nitrogens is 1. The molecule has 6 nitrogen and oxygen atoms in total. The first-order valence-corrected chi connectivity index (χ1v) is 13.3. The van der Waals surface area contributed by atoms with Gasteiger partial charge in [-0.05, 0) is 87.1 Å². The minimum Gasteiger partial charge on any atom is -0.371 e. The van der Waals surface area contributed by atoms with Crippen molar-refractivity contribution in [3.05, 3.63) is 93.3 Å². The van der Waals surface area contributed by atoms with Gasteiger partial charge < -0.3 is 15.1 Å². The summed E-state index contributed by atoms with van der Waals surface area (Å²) in [7, 11) is 1.91. The molecule has 2 heterocycles. The van der Waals surface area contributed by atoms with Crippen LogP contribution in [0.1, 0.15) is 68.5 Å². The Balaban J connectivity index is 1.25. The van der Waals surface area contributed by atoms with Crippen LogP contribution >= 0.6 is 11.6 Å². The van der Waals surface area contributed by atoms with Gasteiger partial charge in [-0.15, -0.1) is 0 Å². The number of halogens is 1. The molecule has 0 spiro atoms. The van der Waals surface area contributed by atoms with Crippen molar-refractivity contribution in [3.8, 4) is 0 Å². The van der Waals surface area contributed by atoms with Crippen molar-refractivity contribution < 1.29 is 9.59 Å². The Labute approximate surface area is 223 Å². The molecule has 2 amide bonds. The fraction of sp³-hybridized carbons (Fsp3) is 0.367. The number of fused-ring (bicyclic) bond motifs is 1. The smallest absolute Gasteiger partial charge is 0.253 e. The first-order chi connectivity index (χ1) is 17.8. The molecule has 1 atom stereocenters. The standard InChI is InChI=1S/C30H33ClN4O2/c1-19-16-24(17-20(2)32-19)35-14-12-23(13-15-35)34(3)30(37)22-9-8-21-10-11-28(26(21)18-22)33-29(36)25-6-4-5-7-27(25)31/h4-9,16-18,23,28H,10-15H2,1-3H3,(H,33,36). The molecule has 1 saturated heterocycles. The summed E-state index contributed by atoms with van der Waals surface area (Å²) in [5, 5.41) is 3.56. The molecule has 1 N–H and O–H groups in total. The molecule has 7 heteroatoms. The molecule has 1 unspecified atom stereocenters. The highest BCUT2D eigenvalue weighted by Crippen LogP contribution is 2.33. The Morgan fingerprint density at radius 1 is 1.00 bits per heavy atom. The first kappa shape index (κ1) is 25.3. The second kappa shape index (κ2) is 10.5. The van der Waals surface area contributed by atoms with Crippen LogP contribution in [-0.2, 0) is 6.42 Å². The normalized spacial score (nSPS) is 17.4. The van der Waals surface area contributed by atoms with Crippen molar-refractivity contribution in [2.24, 2.45) is 0 Å². The Morgan fingerprint density at radius 3 is 2.41 bits per heavy atom. The quantitative estimate of drug-likeness (QED) is 0.485. The van der Waals surface area contributed by atoms with Gasteiger partial charge in [-0.3, -0.25) is 14.6 Å². The predicted octanol–water partition coefficient (Wildman–Crippen LogP) is 5.51. The molecule has 1 aromatic heterocycles. The van der Waals surface area contributed by atoms with Gasteiger partial charge >= 0.3 is 0 Å².